The molecule has 6 rings (SSSR count). The van der Waals surface area contributed by atoms with Crippen molar-refractivity contribution in [1.29, 1.82) is 0 Å². The van der Waals surface area contributed by atoms with Gasteiger partial charge in [0.05, 0.1) is 36.1 Å². The van der Waals surface area contributed by atoms with E-state index in [9.17, 15) is 52.8 Å². The summed E-state index contributed by atoms with van der Waals surface area (Å²) in [7, 11) is -6.53. The summed E-state index contributed by atoms with van der Waals surface area (Å²) in [6.45, 7) is 18.2. The van der Waals surface area contributed by atoms with Crippen LogP contribution in [0.5, 0.6) is 0 Å². The molecule has 0 atom stereocenters. The molecule has 9 N–H and O–H groups in total. The number of nitrogen functional groups attached to an aromatic ring is 2. The van der Waals surface area contributed by atoms with E-state index in [-0.39, 0.29) is 47.3 Å². The Kier molecular flexibility index (Phi) is 21.2. The van der Waals surface area contributed by atoms with Crippen LogP contribution in [0.3, 0.4) is 0 Å². The van der Waals surface area contributed by atoms with Crippen molar-refractivity contribution in [2.45, 2.75) is 93.2 Å². The van der Waals surface area contributed by atoms with Crippen LogP contribution in [0.2, 0.25) is 10.0 Å². The lowest BCUT2D eigenvalue weighted by atomic mass is 9.87. The Morgan fingerprint density at radius 3 is 1.12 bits per heavy atom. The number of carboxylic acids is 2. The maximum Gasteiger partial charge on any atom is 0.340 e. The number of hydrogen-bond acceptors (Lipinski definition) is 11. The number of halogens is 6. The number of hydrogen-bond donors (Lipinski definition) is 7. The molecule has 0 spiro atoms. The Hall–Kier alpha value is -6.40. The lowest BCUT2D eigenvalue weighted by molar-refractivity contribution is 0.0682. The zero-order chi connectivity index (χ0) is 58.1. The molecule has 6 aromatic rings. The van der Waals surface area contributed by atoms with Crippen LogP contribution < -0.4 is 26.4 Å². The molecule has 6 aromatic carbocycles. The van der Waals surface area contributed by atoms with Crippen LogP contribution in [0.15, 0.2) is 130 Å². The predicted octanol–water partition coefficient (Wildman–Crippen LogP) is 11.5. The monoisotopic (exact) mass is 1170 g/mol. The minimum Gasteiger partial charge on any atom is -0.478 e. The molecule has 1 amide bonds. The molecule has 0 aliphatic rings. The van der Waals surface area contributed by atoms with E-state index in [1.165, 1.54) is 54.6 Å². The van der Waals surface area contributed by atoms with Gasteiger partial charge in [-0.25, -0.2) is 53.9 Å². The molecule has 0 aromatic heterocycles. The fraction of sp³-hybridized carbons (Fsp3) is 0.235. The van der Waals surface area contributed by atoms with Gasteiger partial charge in [0.15, 0.2) is 11.6 Å². The number of nitrogens with one attached hydrogen (secondary N) is 3. The van der Waals surface area contributed by atoms with Crippen LogP contribution in [-0.4, -0.2) is 53.3 Å². The maximum absolute atomic E-state index is 14.2. The van der Waals surface area contributed by atoms with Gasteiger partial charge in [0.2, 0.25) is 0 Å². The zero-order valence-corrected chi connectivity index (χ0v) is 46.9. The maximum atomic E-state index is 14.2. The summed E-state index contributed by atoms with van der Waals surface area (Å²) in [6, 6.07) is 27.4. The van der Waals surface area contributed by atoms with Crippen LogP contribution in [0, 0.1) is 17.5 Å². The van der Waals surface area contributed by atoms with Crippen molar-refractivity contribution in [2.24, 2.45) is 5.84 Å². The Labute approximate surface area is 454 Å². The number of carbonyl (C=O) groups is 3. The highest BCUT2D eigenvalue weighted by Gasteiger charge is 2.26. The first-order valence-electron chi connectivity index (χ1n) is 22.0. The molecule has 0 heterocycles. The minimum atomic E-state index is -4.08. The third kappa shape index (κ3) is 17.3. The predicted molar refractivity (Wildman–Crippen MR) is 289 cm³/mol. The summed E-state index contributed by atoms with van der Waals surface area (Å²) >= 11 is 11.2. The fourth-order valence-corrected chi connectivity index (χ4v) is 9.56. The standard InChI is InChI=1S/C17H19ClFN3O3S.C17H17ClFNO4S.C10H13ClO2S.C7H6FNO2/c1-17(2,3)10-4-6-11(7-5-10)26(24,25)22-13-9-8-12(18)15(19)14(13)16(23)21-20;1-17(2,3)10-4-6-11(7-5-10)25(23,24)20-13-9-8-12(18)15(19)14(13)16(21)22;1-10(2,3)8-4-6-9(7-5-8)14(11,12)13;8-4-2-1-3-5(9)6(4)7(10)11/h4-9,22H,20H2,1-3H3,(H,21,23);4-9,20H,1-3H3,(H,21,22);4-7H,1-3H3;1-3H,9H2,(H,10,11). The van der Waals surface area contributed by atoms with Gasteiger partial charge in [-0.2, -0.15) is 0 Å². The van der Waals surface area contributed by atoms with Gasteiger partial charge in [0.25, 0.3) is 35.0 Å². The van der Waals surface area contributed by atoms with Gasteiger partial charge in [0, 0.05) is 16.4 Å². The molecular weight excluding hydrogens is 1120 g/mol. The third-order valence-electron chi connectivity index (χ3n) is 10.6. The van der Waals surface area contributed by atoms with Crippen molar-refractivity contribution >= 4 is 97.9 Å². The Morgan fingerprint density at radius 1 is 0.500 bits per heavy atom. The average molecular weight is 1170 g/mol. The van der Waals surface area contributed by atoms with E-state index in [0.29, 0.717) is 0 Å². The van der Waals surface area contributed by atoms with Crippen molar-refractivity contribution in [2.75, 3.05) is 15.2 Å². The molecule has 0 radical (unpaired) electrons. The number of benzene rings is 6. The number of nitrogens with two attached hydrogens (primary N) is 2. The van der Waals surface area contributed by atoms with E-state index in [1.807, 2.05) is 41.5 Å². The first kappa shape index (κ1) is 63.9. The number of anilines is 3. The lowest BCUT2D eigenvalue weighted by Crippen LogP contribution is -2.32. The van der Waals surface area contributed by atoms with Crippen LogP contribution in [0.25, 0.3) is 0 Å². The number of sulfonamides is 2. The number of hydrazine groups is 1. The number of aromatic carboxylic acids is 2. The SMILES string of the molecule is CC(C)(C)c1ccc(S(=O)(=O)Cl)cc1.CC(C)(C)c1ccc(S(=O)(=O)Nc2ccc(Cl)c(F)c2C(=O)NN)cc1.CC(C)(C)c1ccc(S(=O)(=O)Nc2ccc(Cl)c(F)c2C(=O)O)cc1.Nc1cccc(F)c1C(=O)O. The summed E-state index contributed by atoms with van der Waals surface area (Å²) < 4.78 is 117. The second kappa shape index (κ2) is 25.2. The number of carboxylic acid groups (broad SMARTS) is 2. The van der Waals surface area contributed by atoms with Gasteiger partial charge in [-0.3, -0.25) is 19.7 Å². The summed E-state index contributed by atoms with van der Waals surface area (Å²) in [5, 5.41) is 16.8. The van der Waals surface area contributed by atoms with Crippen LogP contribution in [0.4, 0.5) is 30.2 Å². The summed E-state index contributed by atoms with van der Waals surface area (Å²) in [5.74, 6) is -2.02. The molecule has 410 valence electrons. The van der Waals surface area contributed by atoms with Crippen molar-refractivity contribution < 1.29 is 63.0 Å². The van der Waals surface area contributed by atoms with Crippen LogP contribution in [0.1, 0.15) is 110 Å². The van der Waals surface area contributed by atoms with E-state index in [0.717, 1.165) is 41.0 Å². The van der Waals surface area contributed by atoms with Crippen molar-refractivity contribution in [3.8, 4) is 0 Å². The highest BCUT2D eigenvalue weighted by molar-refractivity contribution is 8.13. The molecule has 16 nitrogen and oxygen atoms in total. The van der Waals surface area contributed by atoms with Gasteiger partial charge < -0.3 is 15.9 Å². The normalized spacial score (nSPS) is 11.8. The smallest absolute Gasteiger partial charge is 0.340 e. The largest absolute Gasteiger partial charge is 0.478 e. The van der Waals surface area contributed by atoms with Crippen molar-refractivity contribution in [3.63, 3.8) is 0 Å². The zero-order valence-electron chi connectivity index (χ0n) is 42.2. The molecule has 0 aliphatic carbocycles. The molecular formula is C51H55Cl3F3N5O11S3. The van der Waals surface area contributed by atoms with Gasteiger partial charge >= 0.3 is 11.9 Å². The molecule has 0 bridgehead atoms. The number of rotatable bonds is 10. The third-order valence-corrected chi connectivity index (χ3v) is 15.3. The van der Waals surface area contributed by atoms with E-state index >= 15 is 0 Å². The Morgan fingerprint density at radius 2 is 0.829 bits per heavy atom. The summed E-state index contributed by atoms with van der Waals surface area (Å²) in [5.41, 5.74) is 7.08. The molecule has 0 saturated heterocycles. The average Bonchev–Trinajstić information content (AvgIpc) is 3.30. The quantitative estimate of drug-likeness (QED) is 0.0221. The Bertz CT molecular complexity index is 3430. The molecule has 0 saturated carbocycles. The highest BCUT2D eigenvalue weighted by atomic mass is 35.7. The lowest BCUT2D eigenvalue weighted by Gasteiger charge is -2.19. The van der Waals surface area contributed by atoms with Crippen molar-refractivity contribution in [3.05, 3.63) is 176 Å². The second-order valence-corrected chi connectivity index (χ2v) is 26.1. The van der Waals surface area contributed by atoms with Gasteiger partial charge in [-0.15, -0.1) is 0 Å². The first-order chi connectivity index (χ1) is 34.7. The molecule has 76 heavy (non-hydrogen) atoms. The summed E-state index contributed by atoms with van der Waals surface area (Å²) in [6.07, 6.45) is 0. The van der Waals surface area contributed by atoms with Crippen molar-refractivity contribution in [1.82, 2.24) is 5.43 Å². The van der Waals surface area contributed by atoms with Gasteiger partial charge in [-0.1, -0.05) is 128 Å². The topological polar surface area (TPSA) is 282 Å². The fourth-order valence-electron chi connectivity index (χ4n) is 6.33. The van der Waals surface area contributed by atoms with E-state index in [2.05, 4.69) is 30.2 Å². The summed E-state index contributed by atoms with van der Waals surface area (Å²) in [4.78, 5) is 33.4. The Balaban J connectivity index is 0.000000282. The minimum absolute atomic E-state index is 0.0224. The molecule has 25 heteroatoms. The van der Waals surface area contributed by atoms with Gasteiger partial charge in [-0.05, 0) is 106 Å². The van der Waals surface area contributed by atoms with E-state index in [4.69, 9.17) is 55.7 Å². The van der Waals surface area contributed by atoms with Gasteiger partial charge in [0.1, 0.15) is 22.5 Å². The first-order valence-corrected chi connectivity index (χ1v) is 28.1. The van der Waals surface area contributed by atoms with E-state index in [1.54, 1.807) is 41.8 Å². The molecule has 0 aliphatic heterocycles. The number of amides is 1. The molecule has 0 fully saturated rings. The van der Waals surface area contributed by atoms with E-state index < -0.39 is 91.8 Å². The number of carbonyl (C=O) groups excluding carboxylic acids is 1. The van der Waals surface area contributed by atoms with Crippen LogP contribution >= 0.6 is 33.9 Å². The second-order valence-electron chi connectivity index (χ2n) is 19.3. The molecule has 0 unspecified atom stereocenters. The highest BCUT2D eigenvalue weighted by Crippen LogP contribution is 2.31. The van der Waals surface area contributed by atoms with Crippen LogP contribution in [-0.2, 0) is 45.3 Å².